The Morgan fingerprint density at radius 2 is 1.65 bits per heavy atom. The molecule has 0 amide bonds. The third-order valence-electron chi connectivity index (χ3n) is 2.53. The van der Waals surface area contributed by atoms with E-state index in [-0.39, 0.29) is 5.82 Å². The molecule has 17 heavy (non-hydrogen) atoms. The first-order valence-electron chi connectivity index (χ1n) is 5.00. The molecule has 2 aromatic rings. The zero-order valence-electron chi connectivity index (χ0n) is 9.10. The van der Waals surface area contributed by atoms with E-state index in [9.17, 15) is 4.39 Å². The molecule has 2 rings (SSSR count). The molecule has 0 heterocycles. The van der Waals surface area contributed by atoms with Gasteiger partial charge in [-0.25, -0.2) is 4.39 Å². The molecule has 0 aliphatic carbocycles. The van der Waals surface area contributed by atoms with E-state index in [4.69, 9.17) is 28.9 Å². The van der Waals surface area contributed by atoms with Crippen molar-refractivity contribution in [2.24, 2.45) is 0 Å². The molecule has 0 aliphatic rings. The number of nitrogen functional groups attached to an aromatic ring is 1. The summed E-state index contributed by atoms with van der Waals surface area (Å²) in [5.41, 5.74) is 8.17. The minimum atomic E-state index is -0.328. The first-order chi connectivity index (χ1) is 7.99. The molecule has 0 aromatic heterocycles. The number of rotatable bonds is 1. The molecule has 0 saturated carbocycles. The quantitative estimate of drug-likeness (QED) is 0.747. The smallest absolute Gasteiger partial charge is 0.127 e. The molecule has 4 heteroatoms. The summed E-state index contributed by atoms with van der Waals surface area (Å²) < 4.78 is 13.3. The molecule has 1 nitrogen and oxygen atoms in total. The summed E-state index contributed by atoms with van der Waals surface area (Å²) in [6.45, 7) is 1.68. The van der Waals surface area contributed by atoms with Gasteiger partial charge in [0.15, 0.2) is 0 Å². The Kier molecular flexibility index (Phi) is 3.27. The summed E-state index contributed by atoms with van der Waals surface area (Å²) in [4.78, 5) is 0. The highest BCUT2D eigenvalue weighted by Gasteiger charge is 2.10. The second-order valence-electron chi connectivity index (χ2n) is 3.82. The molecule has 88 valence electrons. The fourth-order valence-electron chi connectivity index (χ4n) is 1.61. The molecule has 0 fully saturated rings. The average Bonchev–Trinajstić information content (AvgIpc) is 2.24. The molecule has 0 aliphatic heterocycles. The zero-order valence-corrected chi connectivity index (χ0v) is 10.6. The van der Waals surface area contributed by atoms with Crippen LogP contribution in [0.3, 0.4) is 0 Å². The lowest BCUT2D eigenvalue weighted by Crippen LogP contribution is -1.89. The van der Waals surface area contributed by atoms with Crippen LogP contribution in [-0.4, -0.2) is 0 Å². The van der Waals surface area contributed by atoms with Crippen molar-refractivity contribution in [3.63, 3.8) is 0 Å². The standard InChI is InChI=1S/C13H10Cl2FN/c1-7-4-10(12(15)6-13(7)16)9-3-2-8(17)5-11(9)14/h2-6H,17H2,1H3. The molecular weight excluding hydrogens is 260 g/mol. The molecule has 0 atom stereocenters. The molecule has 0 bridgehead atoms. The first kappa shape index (κ1) is 12.2. The number of hydrogen-bond donors (Lipinski definition) is 1. The van der Waals surface area contributed by atoms with Gasteiger partial charge in [0, 0.05) is 16.8 Å². The van der Waals surface area contributed by atoms with E-state index in [0.717, 1.165) is 5.56 Å². The molecule has 0 spiro atoms. The lowest BCUT2D eigenvalue weighted by molar-refractivity contribution is 0.619. The van der Waals surface area contributed by atoms with E-state index in [1.807, 2.05) is 0 Å². The van der Waals surface area contributed by atoms with Crippen molar-refractivity contribution in [3.05, 3.63) is 51.8 Å². The van der Waals surface area contributed by atoms with E-state index in [0.29, 0.717) is 26.9 Å². The summed E-state index contributed by atoms with van der Waals surface area (Å²) in [6, 6.07) is 8.12. The van der Waals surface area contributed by atoms with Gasteiger partial charge in [0.1, 0.15) is 5.82 Å². The van der Waals surface area contributed by atoms with Gasteiger partial charge in [-0.15, -0.1) is 0 Å². The number of halogens is 3. The van der Waals surface area contributed by atoms with Gasteiger partial charge >= 0.3 is 0 Å². The third-order valence-corrected chi connectivity index (χ3v) is 3.16. The van der Waals surface area contributed by atoms with Gasteiger partial charge in [-0.3, -0.25) is 0 Å². The fourth-order valence-corrected chi connectivity index (χ4v) is 2.16. The Labute approximate surface area is 109 Å². The lowest BCUT2D eigenvalue weighted by Gasteiger charge is -2.09. The van der Waals surface area contributed by atoms with Gasteiger partial charge in [0.05, 0.1) is 10.0 Å². The summed E-state index contributed by atoms with van der Waals surface area (Å²) >= 11 is 12.1. The maximum atomic E-state index is 13.3. The van der Waals surface area contributed by atoms with Crippen LogP contribution in [-0.2, 0) is 0 Å². The Hall–Kier alpha value is -1.25. The maximum Gasteiger partial charge on any atom is 0.127 e. The summed E-state index contributed by atoms with van der Waals surface area (Å²) in [5.74, 6) is -0.328. The SMILES string of the molecule is Cc1cc(-c2ccc(N)cc2Cl)c(Cl)cc1F. The summed E-state index contributed by atoms with van der Waals surface area (Å²) in [6.07, 6.45) is 0. The monoisotopic (exact) mass is 269 g/mol. The summed E-state index contributed by atoms with van der Waals surface area (Å²) in [7, 11) is 0. The molecular formula is C13H10Cl2FN. The lowest BCUT2D eigenvalue weighted by atomic mass is 10.0. The van der Waals surface area contributed by atoms with E-state index in [1.165, 1.54) is 6.07 Å². The predicted octanol–water partition coefficient (Wildman–Crippen LogP) is 4.69. The van der Waals surface area contributed by atoms with Crippen LogP contribution >= 0.6 is 23.2 Å². The fraction of sp³-hybridized carbons (Fsp3) is 0.0769. The van der Waals surface area contributed by atoms with Gasteiger partial charge in [0.2, 0.25) is 0 Å². The minimum absolute atomic E-state index is 0.328. The Morgan fingerprint density at radius 3 is 2.29 bits per heavy atom. The van der Waals surface area contributed by atoms with Gasteiger partial charge in [0.25, 0.3) is 0 Å². The maximum absolute atomic E-state index is 13.3. The van der Waals surface area contributed by atoms with Crippen molar-refractivity contribution >= 4 is 28.9 Å². The van der Waals surface area contributed by atoms with Crippen LogP contribution in [0.1, 0.15) is 5.56 Å². The van der Waals surface area contributed by atoms with Crippen LogP contribution in [0.15, 0.2) is 30.3 Å². The topological polar surface area (TPSA) is 26.0 Å². The van der Waals surface area contributed by atoms with Crippen molar-refractivity contribution in [1.29, 1.82) is 0 Å². The van der Waals surface area contributed by atoms with Crippen LogP contribution in [0.4, 0.5) is 10.1 Å². The van der Waals surface area contributed by atoms with E-state index in [2.05, 4.69) is 0 Å². The van der Waals surface area contributed by atoms with E-state index in [1.54, 1.807) is 31.2 Å². The molecule has 0 saturated heterocycles. The second kappa shape index (κ2) is 4.55. The predicted molar refractivity (Wildman–Crippen MR) is 71.0 cm³/mol. The second-order valence-corrected chi connectivity index (χ2v) is 4.63. The van der Waals surface area contributed by atoms with Crippen molar-refractivity contribution in [3.8, 4) is 11.1 Å². The normalized spacial score (nSPS) is 10.6. The zero-order chi connectivity index (χ0) is 12.6. The van der Waals surface area contributed by atoms with Gasteiger partial charge in [-0.05, 0) is 36.8 Å². The number of benzene rings is 2. The highest BCUT2D eigenvalue weighted by Crippen LogP contribution is 2.35. The average molecular weight is 270 g/mol. The molecule has 2 N–H and O–H groups in total. The van der Waals surface area contributed by atoms with Crippen molar-refractivity contribution in [2.75, 3.05) is 5.73 Å². The number of aryl methyl sites for hydroxylation is 1. The van der Waals surface area contributed by atoms with Gasteiger partial charge < -0.3 is 5.73 Å². The molecule has 0 unspecified atom stereocenters. The van der Waals surface area contributed by atoms with Gasteiger partial charge in [-0.1, -0.05) is 29.3 Å². The van der Waals surface area contributed by atoms with Crippen LogP contribution < -0.4 is 5.73 Å². The Balaban J connectivity index is 2.64. The van der Waals surface area contributed by atoms with E-state index >= 15 is 0 Å². The number of nitrogens with two attached hydrogens (primary N) is 1. The van der Waals surface area contributed by atoms with Crippen molar-refractivity contribution < 1.29 is 4.39 Å². The Bertz CT molecular complexity index is 582. The highest BCUT2D eigenvalue weighted by molar-refractivity contribution is 6.36. The third kappa shape index (κ3) is 2.38. The van der Waals surface area contributed by atoms with Gasteiger partial charge in [-0.2, -0.15) is 0 Å². The minimum Gasteiger partial charge on any atom is -0.399 e. The molecule has 2 aromatic carbocycles. The van der Waals surface area contributed by atoms with Crippen molar-refractivity contribution in [2.45, 2.75) is 6.92 Å². The number of hydrogen-bond acceptors (Lipinski definition) is 1. The van der Waals surface area contributed by atoms with E-state index < -0.39 is 0 Å². The number of anilines is 1. The van der Waals surface area contributed by atoms with Crippen LogP contribution in [0.2, 0.25) is 10.0 Å². The molecule has 0 radical (unpaired) electrons. The highest BCUT2D eigenvalue weighted by atomic mass is 35.5. The largest absolute Gasteiger partial charge is 0.399 e. The van der Waals surface area contributed by atoms with Crippen LogP contribution in [0, 0.1) is 12.7 Å². The van der Waals surface area contributed by atoms with Crippen LogP contribution in [0.25, 0.3) is 11.1 Å². The Morgan fingerprint density at radius 1 is 1.00 bits per heavy atom. The summed E-state index contributed by atoms with van der Waals surface area (Å²) in [5, 5.41) is 0.831. The van der Waals surface area contributed by atoms with Crippen molar-refractivity contribution in [1.82, 2.24) is 0 Å². The van der Waals surface area contributed by atoms with Crippen LogP contribution in [0.5, 0.6) is 0 Å². The first-order valence-corrected chi connectivity index (χ1v) is 5.75.